The summed E-state index contributed by atoms with van der Waals surface area (Å²) in [7, 11) is 2.93. The van der Waals surface area contributed by atoms with E-state index in [2.05, 4.69) is 6.92 Å². The van der Waals surface area contributed by atoms with E-state index in [9.17, 15) is 4.79 Å². The molecule has 0 fully saturated rings. The van der Waals surface area contributed by atoms with E-state index in [1.165, 1.54) is 19.8 Å². The Labute approximate surface area is 96.4 Å². The third kappa shape index (κ3) is 3.43. The van der Waals surface area contributed by atoms with Crippen molar-refractivity contribution in [3.63, 3.8) is 0 Å². The van der Waals surface area contributed by atoms with Gasteiger partial charge in [-0.15, -0.1) is 0 Å². The van der Waals surface area contributed by atoms with Crippen molar-refractivity contribution in [3.05, 3.63) is 35.4 Å². The van der Waals surface area contributed by atoms with Crippen LogP contribution in [0.3, 0.4) is 0 Å². The number of aryl methyl sites for hydroxylation is 1. The summed E-state index contributed by atoms with van der Waals surface area (Å²) in [5, 5.41) is 0. The van der Waals surface area contributed by atoms with Gasteiger partial charge in [-0.1, -0.05) is 31.2 Å². The maximum atomic E-state index is 11.7. The van der Waals surface area contributed by atoms with Crippen molar-refractivity contribution < 1.29 is 14.3 Å². The van der Waals surface area contributed by atoms with E-state index >= 15 is 0 Å². The van der Waals surface area contributed by atoms with Crippen molar-refractivity contribution in [2.24, 2.45) is 0 Å². The van der Waals surface area contributed by atoms with Crippen molar-refractivity contribution in [3.8, 4) is 0 Å². The van der Waals surface area contributed by atoms with Gasteiger partial charge in [0, 0.05) is 20.6 Å². The zero-order valence-corrected chi connectivity index (χ0v) is 10.0. The Hall–Kier alpha value is -1.19. The molecular weight excluding hydrogens is 204 g/mol. The van der Waals surface area contributed by atoms with Gasteiger partial charge in [0.15, 0.2) is 5.78 Å². The minimum atomic E-state index is -0.758. The van der Waals surface area contributed by atoms with E-state index in [4.69, 9.17) is 9.47 Å². The molecule has 0 saturated carbocycles. The molecule has 0 bridgehead atoms. The van der Waals surface area contributed by atoms with E-state index < -0.39 is 6.29 Å². The van der Waals surface area contributed by atoms with Crippen LogP contribution in [0.25, 0.3) is 0 Å². The van der Waals surface area contributed by atoms with Gasteiger partial charge in [-0.25, -0.2) is 0 Å². The largest absolute Gasteiger partial charge is 0.349 e. The van der Waals surface area contributed by atoms with Crippen molar-refractivity contribution in [2.45, 2.75) is 26.1 Å². The van der Waals surface area contributed by atoms with Crippen LogP contribution in [0, 0.1) is 0 Å². The summed E-state index contributed by atoms with van der Waals surface area (Å²) in [4.78, 5) is 11.7. The summed E-state index contributed by atoms with van der Waals surface area (Å²) >= 11 is 0. The highest BCUT2D eigenvalue weighted by Gasteiger charge is 2.16. The Bertz CT molecular complexity index is 326. The number of hydrogen-bond donors (Lipinski definition) is 0. The van der Waals surface area contributed by atoms with Gasteiger partial charge in [0.25, 0.3) is 0 Å². The van der Waals surface area contributed by atoms with Gasteiger partial charge in [-0.05, 0) is 17.5 Å². The number of ether oxygens (including phenoxy) is 2. The number of methoxy groups -OCH3 is 2. The quantitative estimate of drug-likeness (QED) is 0.690. The average molecular weight is 222 g/mol. The molecule has 1 aromatic carbocycles. The molecule has 0 aromatic heterocycles. The molecule has 0 atom stereocenters. The standard InChI is InChI=1S/C13H18O3/c1-4-10-5-7-11(8-6-10)9-12(14)13(15-2)16-3/h5-8,13H,4,9H2,1-3H3. The van der Waals surface area contributed by atoms with E-state index in [0.717, 1.165) is 12.0 Å². The first-order valence-corrected chi connectivity index (χ1v) is 5.37. The van der Waals surface area contributed by atoms with Gasteiger partial charge in [0.1, 0.15) is 0 Å². The first kappa shape index (κ1) is 12.9. The fraction of sp³-hybridized carbons (Fsp3) is 0.462. The van der Waals surface area contributed by atoms with E-state index in [1.54, 1.807) is 0 Å². The zero-order chi connectivity index (χ0) is 12.0. The molecule has 0 aliphatic heterocycles. The molecule has 0 radical (unpaired) electrons. The lowest BCUT2D eigenvalue weighted by molar-refractivity contribution is -0.155. The molecule has 88 valence electrons. The van der Waals surface area contributed by atoms with Gasteiger partial charge in [0.2, 0.25) is 6.29 Å². The third-order valence-corrected chi connectivity index (χ3v) is 2.50. The predicted molar refractivity (Wildman–Crippen MR) is 62.3 cm³/mol. The van der Waals surface area contributed by atoms with Gasteiger partial charge >= 0.3 is 0 Å². The Morgan fingerprint density at radius 3 is 2.06 bits per heavy atom. The van der Waals surface area contributed by atoms with Crippen LogP contribution in [0.2, 0.25) is 0 Å². The summed E-state index contributed by atoms with van der Waals surface area (Å²) in [6.07, 6.45) is 0.592. The Morgan fingerprint density at radius 1 is 1.12 bits per heavy atom. The minimum absolute atomic E-state index is 0.0609. The number of ketones is 1. The first-order valence-electron chi connectivity index (χ1n) is 5.37. The summed E-state index contributed by atoms with van der Waals surface area (Å²) in [5.41, 5.74) is 2.26. The molecule has 0 unspecified atom stereocenters. The number of carbonyl (C=O) groups excluding carboxylic acids is 1. The normalized spacial score (nSPS) is 10.8. The number of rotatable bonds is 6. The first-order chi connectivity index (χ1) is 7.71. The molecular formula is C13H18O3. The van der Waals surface area contributed by atoms with Crippen LogP contribution in [0.1, 0.15) is 18.1 Å². The second-order valence-corrected chi connectivity index (χ2v) is 3.62. The highest BCUT2D eigenvalue weighted by Crippen LogP contribution is 2.08. The molecule has 0 amide bonds. The van der Waals surface area contributed by atoms with Crippen LogP contribution in [-0.2, 0) is 27.1 Å². The fourth-order valence-corrected chi connectivity index (χ4v) is 1.54. The molecule has 0 heterocycles. The van der Waals surface area contributed by atoms with Crippen LogP contribution in [0.15, 0.2) is 24.3 Å². The zero-order valence-electron chi connectivity index (χ0n) is 10.0. The highest BCUT2D eigenvalue weighted by atomic mass is 16.7. The molecule has 3 heteroatoms. The minimum Gasteiger partial charge on any atom is -0.349 e. The molecule has 16 heavy (non-hydrogen) atoms. The molecule has 0 aliphatic rings. The van der Waals surface area contributed by atoms with Crippen LogP contribution < -0.4 is 0 Å². The van der Waals surface area contributed by atoms with Crippen LogP contribution >= 0.6 is 0 Å². The molecule has 1 aromatic rings. The third-order valence-electron chi connectivity index (χ3n) is 2.50. The molecule has 0 N–H and O–H groups in total. The molecule has 0 saturated heterocycles. The number of Topliss-reactive ketones (excluding diaryl/α,β-unsaturated/α-hetero) is 1. The second kappa shape index (κ2) is 6.40. The maximum absolute atomic E-state index is 11.7. The Morgan fingerprint density at radius 2 is 1.62 bits per heavy atom. The smallest absolute Gasteiger partial charge is 0.217 e. The average Bonchev–Trinajstić information content (AvgIpc) is 2.31. The van der Waals surface area contributed by atoms with Crippen LogP contribution in [-0.4, -0.2) is 26.3 Å². The van der Waals surface area contributed by atoms with E-state index in [0.29, 0.717) is 6.42 Å². The van der Waals surface area contributed by atoms with Crippen molar-refractivity contribution in [1.29, 1.82) is 0 Å². The number of benzene rings is 1. The van der Waals surface area contributed by atoms with E-state index in [-0.39, 0.29) is 5.78 Å². The maximum Gasteiger partial charge on any atom is 0.217 e. The lowest BCUT2D eigenvalue weighted by Gasteiger charge is -2.11. The lowest BCUT2D eigenvalue weighted by Crippen LogP contribution is -2.26. The second-order valence-electron chi connectivity index (χ2n) is 3.62. The topological polar surface area (TPSA) is 35.5 Å². The highest BCUT2D eigenvalue weighted by molar-refractivity contribution is 5.84. The Balaban J connectivity index is 2.62. The van der Waals surface area contributed by atoms with Crippen LogP contribution in [0.5, 0.6) is 0 Å². The Kier molecular flexibility index (Phi) is 5.15. The molecule has 1 rings (SSSR count). The van der Waals surface area contributed by atoms with Gasteiger partial charge in [0.05, 0.1) is 0 Å². The lowest BCUT2D eigenvalue weighted by atomic mass is 10.1. The van der Waals surface area contributed by atoms with Crippen molar-refractivity contribution in [2.75, 3.05) is 14.2 Å². The SMILES string of the molecule is CCc1ccc(CC(=O)C(OC)OC)cc1. The number of carbonyl (C=O) groups is 1. The fourth-order valence-electron chi connectivity index (χ4n) is 1.54. The van der Waals surface area contributed by atoms with Crippen LogP contribution in [0.4, 0.5) is 0 Å². The molecule has 3 nitrogen and oxygen atoms in total. The van der Waals surface area contributed by atoms with Gasteiger partial charge in [-0.3, -0.25) is 4.79 Å². The molecule has 0 spiro atoms. The van der Waals surface area contributed by atoms with Gasteiger partial charge in [-0.2, -0.15) is 0 Å². The van der Waals surface area contributed by atoms with Crippen molar-refractivity contribution in [1.82, 2.24) is 0 Å². The summed E-state index contributed by atoms with van der Waals surface area (Å²) in [5.74, 6) is -0.0609. The summed E-state index contributed by atoms with van der Waals surface area (Å²) < 4.78 is 9.81. The summed E-state index contributed by atoms with van der Waals surface area (Å²) in [6, 6.07) is 8.02. The predicted octanol–water partition coefficient (Wildman–Crippen LogP) is 1.98. The van der Waals surface area contributed by atoms with E-state index in [1.807, 2.05) is 24.3 Å². The number of hydrogen-bond acceptors (Lipinski definition) is 3. The summed E-state index contributed by atoms with van der Waals surface area (Å²) in [6.45, 7) is 2.10. The molecule has 0 aliphatic carbocycles. The van der Waals surface area contributed by atoms with Crippen molar-refractivity contribution >= 4 is 5.78 Å². The monoisotopic (exact) mass is 222 g/mol. The van der Waals surface area contributed by atoms with Gasteiger partial charge < -0.3 is 9.47 Å².